The van der Waals surface area contributed by atoms with E-state index in [4.69, 9.17) is 0 Å². The van der Waals surface area contributed by atoms with Crippen LogP contribution in [0.2, 0.25) is 0 Å². The maximum Gasteiger partial charge on any atom is 0.263 e. The van der Waals surface area contributed by atoms with Crippen molar-refractivity contribution in [1.82, 2.24) is 4.57 Å². The van der Waals surface area contributed by atoms with E-state index in [-0.39, 0.29) is 11.0 Å². The normalized spacial score (nSPS) is 13.2. The molecule has 2 heteroatoms. The summed E-state index contributed by atoms with van der Waals surface area (Å²) in [5.41, 5.74) is 11.7. The molecule has 9 aromatic rings. The van der Waals surface area contributed by atoms with Crippen LogP contribution < -0.4 is 5.56 Å². The molecule has 0 amide bonds. The van der Waals surface area contributed by atoms with Crippen LogP contribution in [0.4, 0.5) is 0 Å². The number of aromatic nitrogens is 1. The highest BCUT2D eigenvalue weighted by molar-refractivity contribution is 6.19. The van der Waals surface area contributed by atoms with Crippen LogP contribution in [-0.4, -0.2) is 4.57 Å². The summed E-state index contributed by atoms with van der Waals surface area (Å²) in [6.45, 7) is 4.65. The maximum absolute atomic E-state index is 14.9. The van der Waals surface area contributed by atoms with Crippen LogP contribution in [0.5, 0.6) is 0 Å². The predicted molar refractivity (Wildman–Crippen MR) is 210 cm³/mol. The van der Waals surface area contributed by atoms with E-state index in [1.807, 2.05) is 22.8 Å². The summed E-state index contributed by atoms with van der Waals surface area (Å²) in [5.74, 6) is 0. The fourth-order valence-electron chi connectivity index (χ4n) is 8.73. The van der Waals surface area contributed by atoms with Crippen molar-refractivity contribution in [2.45, 2.75) is 19.3 Å². The molecule has 8 aromatic carbocycles. The molecule has 0 unspecified atom stereocenters. The minimum Gasteiger partial charge on any atom is -0.275 e. The summed E-state index contributed by atoms with van der Waals surface area (Å²) in [6.07, 6.45) is 0. The first-order valence-corrected chi connectivity index (χ1v) is 17.3. The molecular formula is C48H33NO. The van der Waals surface area contributed by atoms with Gasteiger partial charge in [0.15, 0.2) is 0 Å². The Balaban J connectivity index is 1.32. The molecular weight excluding hydrogens is 607 g/mol. The van der Waals surface area contributed by atoms with Crippen molar-refractivity contribution in [2.24, 2.45) is 0 Å². The van der Waals surface area contributed by atoms with E-state index in [0.717, 1.165) is 54.6 Å². The third kappa shape index (κ3) is 3.93. The SMILES string of the molecule is CC1(C)c2ccccc2-c2c(-c3ccc4c(c3)c3ccccc3c(=O)n4-c3c4ccccc4c(-c4ccccc4)c4ccccc34)cccc21. The summed E-state index contributed by atoms with van der Waals surface area (Å²) in [7, 11) is 0. The summed E-state index contributed by atoms with van der Waals surface area (Å²) >= 11 is 0. The van der Waals surface area contributed by atoms with Gasteiger partial charge in [-0.2, -0.15) is 0 Å². The molecule has 50 heavy (non-hydrogen) atoms. The zero-order valence-corrected chi connectivity index (χ0v) is 27.9. The van der Waals surface area contributed by atoms with Crippen molar-refractivity contribution in [2.75, 3.05) is 0 Å². The van der Waals surface area contributed by atoms with Gasteiger partial charge in [-0.3, -0.25) is 9.36 Å². The van der Waals surface area contributed by atoms with Crippen molar-refractivity contribution in [3.63, 3.8) is 0 Å². The summed E-state index contributed by atoms with van der Waals surface area (Å²) < 4.78 is 1.98. The Bertz CT molecular complexity index is 2860. The van der Waals surface area contributed by atoms with Crippen LogP contribution in [0.15, 0.2) is 169 Å². The van der Waals surface area contributed by atoms with Gasteiger partial charge in [0.05, 0.1) is 11.2 Å². The minimum atomic E-state index is -0.0833. The maximum atomic E-state index is 14.9. The molecule has 0 saturated heterocycles. The smallest absolute Gasteiger partial charge is 0.263 e. The molecule has 0 fully saturated rings. The van der Waals surface area contributed by atoms with Crippen molar-refractivity contribution >= 4 is 43.2 Å². The van der Waals surface area contributed by atoms with Crippen LogP contribution in [0.25, 0.3) is 82.3 Å². The molecule has 0 radical (unpaired) electrons. The van der Waals surface area contributed by atoms with Gasteiger partial charge in [0.1, 0.15) is 0 Å². The number of nitrogens with zero attached hydrogens (tertiary/aromatic N) is 1. The van der Waals surface area contributed by atoms with Crippen molar-refractivity contribution < 1.29 is 0 Å². The third-order valence-corrected chi connectivity index (χ3v) is 11.0. The van der Waals surface area contributed by atoms with Crippen LogP contribution in [0.1, 0.15) is 25.0 Å². The lowest BCUT2D eigenvalue weighted by Crippen LogP contribution is -2.20. The lowest BCUT2D eigenvalue weighted by atomic mass is 9.82. The standard InChI is InChI=1S/C48H33NO/c1-48(2)41-25-13-12-23-39(41)45-32(24-14-26-42(45)48)31-27-28-43-40(29-31)33-17-6-11-22-38(33)47(50)49(43)46-36-20-9-7-18-34(36)44(30-15-4-3-5-16-30)35-19-8-10-21-37(35)46/h3-29H,1-2H3. The highest BCUT2D eigenvalue weighted by Gasteiger charge is 2.36. The first kappa shape index (κ1) is 28.7. The molecule has 236 valence electrons. The van der Waals surface area contributed by atoms with E-state index in [9.17, 15) is 4.79 Å². The van der Waals surface area contributed by atoms with E-state index in [0.29, 0.717) is 5.39 Å². The van der Waals surface area contributed by atoms with Gasteiger partial charge in [-0.25, -0.2) is 0 Å². The number of rotatable bonds is 3. The Morgan fingerprint density at radius 2 is 0.980 bits per heavy atom. The third-order valence-electron chi connectivity index (χ3n) is 11.0. The number of fused-ring (bicyclic) bond motifs is 8. The molecule has 1 aliphatic rings. The number of benzene rings is 8. The minimum absolute atomic E-state index is 0.0140. The van der Waals surface area contributed by atoms with Crippen LogP contribution in [-0.2, 0) is 5.41 Å². The molecule has 0 saturated carbocycles. The van der Waals surface area contributed by atoms with Gasteiger partial charge < -0.3 is 0 Å². The van der Waals surface area contributed by atoms with Crippen LogP contribution in [0, 0.1) is 0 Å². The largest absolute Gasteiger partial charge is 0.275 e. The molecule has 0 spiro atoms. The fraction of sp³-hybridized carbons (Fsp3) is 0.0625. The molecule has 2 nitrogen and oxygen atoms in total. The molecule has 10 rings (SSSR count). The van der Waals surface area contributed by atoms with E-state index in [1.165, 1.54) is 33.4 Å². The Morgan fingerprint density at radius 3 is 1.70 bits per heavy atom. The fourth-order valence-corrected chi connectivity index (χ4v) is 8.73. The number of hydrogen-bond acceptors (Lipinski definition) is 1. The summed E-state index contributed by atoms with van der Waals surface area (Å²) in [5, 5.41) is 7.08. The first-order chi connectivity index (χ1) is 24.5. The molecule has 1 aliphatic carbocycles. The predicted octanol–water partition coefficient (Wildman–Crippen LogP) is 12.1. The molecule has 1 heterocycles. The Hall–Kier alpha value is -6.25. The second kappa shape index (κ2) is 10.6. The summed E-state index contributed by atoms with van der Waals surface area (Å²) in [6, 6.07) is 57.9. The molecule has 0 atom stereocenters. The highest BCUT2D eigenvalue weighted by atomic mass is 16.1. The Morgan fingerprint density at radius 1 is 0.420 bits per heavy atom. The van der Waals surface area contributed by atoms with E-state index < -0.39 is 0 Å². The topological polar surface area (TPSA) is 22.0 Å². The van der Waals surface area contributed by atoms with E-state index in [1.54, 1.807) is 0 Å². The van der Waals surface area contributed by atoms with E-state index >= 15 is 0 Å². The first-order valence-electron chi connectivity index (χ1n) is 17.3. The zero-order chi connectivity index (χ0) is 33.6. The zero-order valence-electron chi connectivity index (χ0n) is 27.9. The molecule has 1 aromatic heterocycles. The second-order valence-electron chi connectivity index (χ2n) is 14.0. The second-order valence-corrected chi connectivity index (χ2v) is 14.0. The average Bonchev–Trinajstić information content (AvgIpc) is 3.41. The van der Waals surface area contributed by atoms with E-state index in [2.05, 4.69) is 159 Å². The number of pyridine rings is 1. The van der Waals surface area contributed by atoms with Gasteiger partial charge in [0.25, 0.3) is 5.56 Å². The van der Waals surface area contributed by atoms with Crippen molar-refractivity contribution in [3.05, 3.63) is 185 Å². The van der Waals surface area contributed by atoms with Crippen LogP contribution in [0.3, 0.4) is 0 Å². The molecule has 0 aliphatic heterocycles. The highest BCUT2D eigenvalue weighted by Crippen LogP contribution is 2.52. The Kier molecular flexibility index (Phi) is 6.11. The van der Waals surface area contributed by atoms with Crippen molar-refractivity contribution in [1.29, 1.82) is 0 Å². The molecule has 0 bridgehead atoms. The summed E-state index contributed by atoms with van der Waals surface area (Å²) in [4.78, 5) is 14.9. The number of hydrogen-bond donors (Lipinski definition) is 0. The lowest BCUT2D eigenvalue weighted by Gasteiger charge is -2.22. The monoisotopic (exact) mass is 639 g/mol. The average molecular weight is 640 g/mol. The van der Waals surface area contributed by atoms with Crippen molar-refractivity contribution in [3.8, 4) is 39.1 Å². The lowest BCUT2D eigenvalue weighted by molar-refractivity contribution is 0.660. The van der Waals surface area contributed by atoms with Gasteiger partial charge in [-0.15, -0.1) is 0 Å². The van der Waals surface area contributed by atoms with Crippen LogP contribution >= 0.6 is 0 Å². The van der Waals surface area contributed by atoms with Gasteiger partial charge in [0.2, 0.25) is 0 Å². The van der Waals surface area contributed by atoms with Gasteiger partial charge >= 0.3 is 0 Å². The van der Waals surface area contributed by atoms with Gasteiger partial charge in [-0.1, -0.05) is 159 Å². The Labute approximate surface area is 290 Å². The van der Waals surface area contributed by atoms with Gasteiger partial charge in [-0.05, 0) is 78.9 Å². The van der Waals surface area contributed by atoms with Gasteiger partial charge in [0, 0.05) is 27.0 Å². The quantitative estimate of drug-likeness (QED) is 0.139. The molecule has 0 N–H and O–H groups in total.